The molecule has 1 aliphatic rings. The summed E-state index contributed by atoms with van der Waals surface area (Å²) in [6.07, 6.45) is 13.8. The third-order valence-electron chi connectivity index (χ3n) is 7.40. The Hall–Kier alpha value is -3.34. The Morgan fingerprint density at radius 2 is 1.33 bits per heavy atom. The lowest BCUT2D eigenvalue weighted by atomic mass is 9.85. The molecular formula is C34H36F4O. The number of benzene rings is 3. The molecule has 1 atom stereocenters. The summed E-state index contributed by atoms with van der Waals surface area (Å²) in [6, 6.07) is 12.5. The monoisotopic (exact) mass is 536 g/mol. The summed E-state index contributed by atoms with van der Waals surface area (Å²) < 4.78 is 65.2. The molecule has 206 valence electrons. The molecule has 0 bridgehead atoms. The molecule has 0 fully saturated rings. The molecule has 3 aromatic rings. The summed E-state index contributed by atoms with van der Waals surface area (Å²) in [4.78, 5) is 0. The van der Waals surface area contributed by atoms with Gasteiger partial charge in [-0.3, -0.25) is 0 Å². The highest BCUT2D eigenvalue weighted by atomic mass is 19.2. The van der Waals surface area contributed by atoms with E-state index in [-0.39, 0.29) is 16.9 Å². The zero-order valence-electron chi connectivity index (χ0n) is 22.7. The van der Waals surface area contributed by atoms with Gasteiger partial charge in [0.25, 0.3) is 0 Å². The Morgan fingerprint density at radius 1 is 0.744 bits per heavy atom. The molecule has 0 saturated carbocycles. The number of ether oxygens (including phenoxy) is 1. The second kappa shape index (κ2) is 13.6. The quantitative estimate of drug-likeness (QED) is 0.135. The van der Waals surface area contributed by atoms with Crippen molar-refractivity contribution >= 4 is 5.57 Å². The smallest absolute Gasteiger partial charge is 0.201 e. The zero-order valence-corrected chi connectivity index (χ0v) is 22.7. The Labute approximate surface area is 229 Å². The van der Waals surface area contributed by atoms with Crippen LogP contribution in [0.5, 0.6) is 5.75 Å². The van der Waals surface area contributed by atoms with Crippen molar-refractivity contribution < 1.29 is 22.3 Å². The Bertz CT molecular complexity index is 1320. The van der Waals surface area contributed by atoms with E-state index in [0.717, 1.165) is 50.5 Å². The van der Waals surface area contributed by atoms with Crippen LogP contribution >= 0.6 is 0 Å². The van der Waals surface area contributed by atoms with E-state index in [4.69, 9.17) is 4.74 Å². The van der Waals surface area contributed by atoms with Gasteiger partial charge >= 0.3 is 0 Å². The van der Waals surface area contributed by atoms with E-state index in [2.05, 4.69) is 13.0 Å². The summed E-state index contributed by atoms with van der Waals surface area (Å²) in [7, 11) is 0. The molecule has 0 aromatic heterocycles. The van der Waals surface area contributed by atoms with E-state index in [9.17, 15) is 8.78 Å². The van der Waals surface area contributed by atoms with Crippen molar-refractivity contribution in [2.45, 2.75) is 65.2 Å². The molecule has 0 aliphatic heterocycles. The molecule has 39 heavy (non-hydrogen) atoms. The van der Waals surface area contributed by atoms with Crippen LogP contribution in [0.25, 0.3) is 27.8 Å². The van der Waals surface area contributed by atoms with Crippen molar-refractivity contribution in [3.05, 3.63) is 95.6 Å². The number of hydrogen-bond donors (Lipinski definition) is 0. The number of halogens is 4. The van der Waals surface area contributed by atoms with Gasteiger partial charge in [0.2, 0.25) is 5.82 Å². The maximum Gasteiger partial charge on any atom is 0.201 e. The Balaban J connectivity index is 1.48. The van der Waals surface area contributed by atoms with Crippen LogP contribution in [0.3, 0.4) is 0 Å². The molecule has 3 aromatic carbocycles. The van der Waals surface area contributed by atoms with Gasteiger partial charge in [-0.05, 0) is 67.4 Å². The first-order valence-electron chi connectivity index (χ1n) is 14.0. The lowest BCUT2D eigenvalue weighted by Gasteiger charge is -2.20. The van der Waals surface area contributed by atoms with E-state index in [1.54, 1.807) is 36.4 Å². The van der Waals surface area contributed by atoms with Crippen LogP contribution in [0.2, 0.25) is 0 Å². The molecule has 1 nitrogen and oxygen atoms in total. The van der Waals surface area contributed by atoms with Crippen LogP contribution in [0.4, 0.5) is 17.6 Å². The van der Waals surface area contributed by atoms with Crippen LogP contribution in [0.1, 0.15) is 70.8 Å². The minimum atomic E-state index is -1.03. The third-order valence-corrected chi connectivity index (χ3v) is 7.40. The van der Waals surface area contributed by atoms with Crippen molar-refractivity contribution in [1.29, 1.82) is 0 Å². The second-order valence-corrected chi connectivity index (χ2v) is 10.2. The average molecular weight is 537 g/mol. The van der Waals surface area contributed by atoms with Gasteiger partial charge in [0.15, 0.2) is 23.2 Å². The second-order valence-electron chi connectivity index (χ2n) is 10.2. The van der Waals surface area contributed by atoms with Gasteiger partial charge in [-0.1, -0.05) is 87.2 Å². The predicted molar refractivity (Wildman–Crippen MR) is 152 cm³/mol. The lowest BCUT2D eigenvalue weighted by Crippen LogP contribution is -2.05. The standard InChI is InChI=1S/C34H36F4O/c1-3-5-6-7-8-22-39-30-21-20-29(33(37)34(30)38)26-16-14-25(15-17-26)28-19-18-27(31(35)32(28)36)24-12-10-23(9-4-2)11-13-24/h4,9,12,14-21,23H,3,5-8,10-11,13,22H2,1-2H3/b9-4+. The number of hydrogen-bond acceptors (Lipinski definition) is 1. The van der Waals surface area contributed by atoms with E-state index < -0.39 is 23.3 Å². The first-order chi connectivity index (χ1) is 18.9. The van der Waals surface area contributed by atoms with Crippen molar-refractivity contribution in [3.63, 3.8) is 0 Å². The maximum absolute atomic E-state index is 15.1. The Kier molecular flexibility index (Phi) is 10.0. The maximum atomic E-state index is 15.1. The van der Waals surface area contributed by atoms with Crippen LogP contribution in [-0.4, -0.2) is 6.61 Å². The van der Waals surface area contributed by atoms with E-state index in [1.165, 1.54) is 12.1 Å². The number of rotatable bonds is 11. The molecule has 4 rings (SSSR count). The van der Waals surface area contributed by atoms with Crippen molar-refractivity contribution in [2.75, 3.05) is 6.61 Å². The lowest BCUT2D eigenvalue weighted by molar-refractivity contribution is 0.285. The first-order valence-corrected chi connectivity index (χ1v) is 14.0. The molecule has 0 N–H and O–H groups in total. The van der Waals surface area contributed by atoms with Gasteiger partial charge < -0.3 is 4.74 Å². The average Bonchev–Trinajstić information content (AvgIpc) is 2.95. The summed E-state index contributed by atoms with van der Waals surface area (Å²) in [5.74, 6) is -3.46. The third kappa shape index (κ3) is 6.81. The molecule has 5 heteroatoms. The summed E-state index contributed by atoms with van der Waals surface area (Å²) in [6.45, 7) is 4.45. The molecule has 1 aliphatic carbocycles. The number of allylic oxidation sites excluding steroid dienone is 4. The summed E-state index contributed by atoms with van der Waals surface area (Å²) >= 11 is 0. The highest BCUT2D eigenvalue weighted by Crippen LogP contribution is 2.36. The fourth-order valence-electron chi connectivity index (χ4n) is 5.15. The largest absolute Gasteiger partial charge is 0.490 e. The normalized spacial score (nSPS) is 15.5. The summed E-state index contributed by atoms with van der Waals surface area (Å²) in [5.41, 5.74) is 2.22. The van der Waals surface area contributed by atoms with E-state index in [1.807, 2.05) is 19.1 Å². The zero-order chi connectivity index (χ0) is 27.8. The van der Waals surface area contributed by atoms with E-state index in [0.29, 0.717) is 35.6 Å². The van der Waals surface area contributed by atoms with E-state index >= 15 is 8.78 Å². The SMILES string of the molecule is C/C=C/C1CC=C(c2ccc(-c3ccc(-c4ccc(OCCCCCCC)c(F)c4F)cc3)c(F)c2F)CC1. The fourth-order valence-corrected chi connectivity index (χ4v) is 5.15. The molecule has 0 amide bonds. The van der Waals surface area contributed by atoms with Crippen LogP contribution < -0.4 is 4.74 Å². The molecule has 0 saturated heterocycles. The molecule has 0 heterocycles. The van der Waals surface area contributed by atoms with Gasteiger partial charge in [-0.2, -0.15) is 4.39 Å². The van der Waals surface area contributed by atoms with Crippen LogP contribution in [0, 0.1) is 29.2 Å². The predicted octanol–water partition coefficient (Wildman–Crippen LogP) is 10.7. The van der Waals surface area contributed by atoms with Gasteiger partial charge in [0.1, 0.15) is 0 Å². The minimum Gasteiger partial charge on any atom is -0.490 e. The fraction of sp³-hybridized carbons (Fsp3) is 0.353. The molecule has 1 unspecified atom stereocenters. The van der Waals surface area contributed by atoms with Crippen molar-refractivity contribution in [2.24, 2.45) is 5.92 Å². The molecule has 0 radical (unpaired) electrons. The van der Waals surface area contributed by atoms with Crippen molar-refractivity contribution in [3.8, 4) is 28.0 Å². The molecular weight excluding hydrogens is 500 g/mol. The minimum absolute atomic E-state index is 0.0804. The van der Waals surface area contributed by atoms with Gasteiger partial charge in [0, 0.05) is 16.7 Å². The molecule has 0 spiro atoms. The van der Waals surface area contributed by atoms with Crippen LogP contribution in [-0.2, 0) is 0 Å². The van der Waals surface area contributed by atoms with Crippen LogP contribution in [0.15, 0.2) is 66.8 Å². The highest BCUT2D eigenvalue weighted by Gasteiger charge is 2.21. The first kappa shape index (κ1) is 28.7. The Morgan fingerprint density at radius 3 is 1.95 bits per heavy atom. The van der Waals surface area contributed by atoms with Gasteiger partial charge in [-0.25, -0.2) is 13.2 Å². The number of unbranched alkanes of at least 4 members (excludes halogenated alkanes) is 4. The highest BCUT2D eigenvalue weighted by molar-refractivity contribution is 5.74. The van der Waals surface area contributed by atoms with Crippen molar-refractivity contribution in [1.82, 2.24) is 0 Å². The summed E-state index contributed by atoms with van der Waals surface area (Å²) in [5, 5.41) is 0. The van der Waals surface area contributed by atoms with Gasteiger partial charge in [-0.15, -0.1) is 0 Å². The topological polar surface area (TPSA) is 9.23 Å². The van der Waals surface area contributed by atoms with Gasteiger partial charge in [0.05, 0.1) is 6.61 Å².